The zero-order valence-electron chi connectivity index (χ0n) is 11.8. The minimum absolute atomic E-state index is 0.161. The van der Waals surface area contributed by atoms with E-state index in [1.807, 2.05) is 18.2 Å². The van der Waals surface area contributed by atoms with Gasteiger partial charge in [-0.05, 0) is 66.1 Å². The zero-order valence-corrected chi connectivity index (χ0v) is 13.4. The molecule has 110 valence electrons. The second-order valence-corrected chi connectivity index (χ2v) is 6.90. The third-order valence-corrected chi connectivity index (χ3v) is 5.21. The molecule has 2 aromatic carbocycles. The Kier molecular flexibility index (Phi) is 4.53. The van der Waals surface area contributed by atoms with E-state index < -0.39 is 0 Å². The first-order chi connectivity index (χ1) is 10.1. The molecule has 1 heterocycles. The fraction of sp³-hybridized carbons (Fsp3) is 0.294. The van der Waals surface area contributed by atoms with Gasteiger partial charge in [-0.15, -0.1) is 11.8 Å². The lowest BCUT2D eigenvalue weighted by Gasteiger charge is -2.26. The molecular weight excluding hydrogens is 305 g/mol. The molecule has 0 aromatic heterocycles. The van der Waals surface area contributed by atoms with Crippen LogP contribution in [0.5, 0.6) is 0 Å². The Balaban J connectivity index is 1.76. The van der Waals surface area contributed by atoms with Crippen molar-refractivity contribution in [1.29, 1.82) is 0 Å². The molecule has 1 nitrogen and oxygen atoms in total. The van der Waals surface area contributed by atoms with Crippen LogP contribution >= 0.6 is 23.4 Å². The van der Waals surface area contributed by atoms with Gasteiger partial charge in [-0.3, -0.25) is 0 Å². The molecule has 0 bridgehead atoms. The first kappa shape index (κ1) is 14.9. The summed E-state index contributed by atoms with van der Waals surface area (Å²) >= 11 is 7.79. The van der Waals surface area contributed by atoms with Gasteiger partial charge >= 0.3 is 0 Å². The summed E-state index contributed by atoms with van der Waals surface area (Å²) in [5, 5.41) is 4.32. The van der Waals surface area contributed by atoms with Crippen molar-refractivity contribution in [2.45, 2.75) is 30.8 Å². The molecule has 1 atom stereocenters. The molecule has 1 unspecified atom stereocenters. The van der Waals surface area contributed by atoms with Gasteiger partial charge in [0.2, 0.25) is 0 Å². The summed E-state index contributed by atoms with van der Waals surface area (Å²) < 4.78 is 13.5. The van der Waals surface area contributed by atoms with Crippen molar-refractivity contribution in [1.82, 2.24) is 5.32 Å². The van der Waals surface area contributed by atoms with Gasteiger partial charge in [0.05, 0.1) is 0 Å². The Morgan fingerprint density at radius 3 is 2.95 bits per heavy atom. The van der Waals surface area contributed by atoms with Crippen LogP contribution in [0.2, 0.25) is 5.02 Å². The van der Waals surface area contributed by atoms with Crippen LogP contribution in [-0.4, -0.2) is 5.75 Å². The summed E-state index contributed by atoms with van der Waals surface area (Å²) in [4.78, 5) is 1.19. The van der Waals surface area contributed by atoms with E-state index in [0.29, 0.717) is 0 Å². The third-order valence-electron chi connectivity index (χ3n) is 3.85. The molecule has 1 aliphatic heterocycles. The number of fused-ring (bicyclic) bond motifs is 1. The van der Waals surface area contributed by atoms with Crippen LogP contribution in [0, 0.1) is 12.7 Å². The zero-order chi connectivity index (χ0) is 14.8. The van der Waals surface area contributed by atoms with E-state index >= 15 is 0 Å². The lowest BCUT2D eigenvalue weighted by Crippen LogP contribution is -2.24. The SMILES string of the molecule is Cc1cc(Cl)ccc1CNC1CCSc2ccc(F)cc21. The highest BCUT2D eigenvalue weighted by atomic mass is 35.5. The van der Waals surface area contributed by atoms with Crippen molar-refractivity contribution in [3.63, 3.8) is 0 Å². The van der Waals surface area contributed by atoms with Crippen LogP contribution in [0.1, 0.15) is 29.2 Å². The molecule has 0 saturated heterocycles. The number of aryl methyl sites for hydroxylation is 1. The number of nitrogens with one attached hydrogen (secondary N) is 1. The summed E-state index contributed by atoms with van der Waals surface area (Å²) in [5.41, 5.74) is 3.49. The van der Waals surface area contributed by atoms with Gasteiger partial charge in [-0.25, -0.2) is 4.39 Å². The minimum Gasteiger partial charge on any atom is -0.306 e. The molecular formula is C17H17ClFNS. The first-order valence-electron chi connectivity index (χ1n) is 7.04. The Labute approximate surface area is 133 Å². The van der Waals surface area contributed by atoms with Gasteiger partial charge in [0, 0.05) is 22.5 Å². The van der Waals surface area contributed by atoms with Gasteiger partial charge in [0.1, 0.15) is 5.82 Å². The van der Waals surface area contributed by atoms with Crippen LogP contribution in [-0.2, 0) is 6.54 Å². The molecule has 1 aliphatic rings. The van der Waals surface area contributed by atoms with Crippen molar-refractivity contribution in [2.75, 3.05) is 5.75 Å². The fourth-order valence-corrected chi connectivity index (χ4v) is 4.00. The van der Waals surface area contributed by atoms with Crippen molar-refractivity contribution in [3.8, 4) is 0 Å². The largest absolute Gasteiger partial charge is 0.306 e. The molecule has 21 heavy (non-hydrogen) atoms. The van der Waals surface area contributed by atoms with E-state index in [1.54, 1.807) is 17.8 Å². The normalized spacial score (nSPS) is 17.6. The second kappa shape index (κ2) is 6.39. The molecule has 2 aromatic rings. The van der Waals surface area contributed by atoms with Gasteiger partial charge < -0.3 is 5.32 Å². The smallest absolute Gasteiger partial charge is 0.123 e. The molecule has 3 rings (SSSR count). The van der Waals surface area contributed by atoms with Crippen molar-refractivity contribution in [2.24, 2.45) is 0 Å². The van der Waals surface area contributed by atoms with Crippen LogP contribution in [0.4, 0.5) is 4.39 Å². The van der Waals surface area contributed by atoms with Crippen LogP contribution < -0.4 is 5.32 Å². The maximum atomic E-state index is 13.5. The molecule has 0 fully saturated rings. The van der Waals surface area contributed by atoms with E-state index in [4.69, 9.17) is 11.6 Å². The van der Waals surface area contributed by atoms with Crippen LogP contribution in [0.3, 0.4) is 0 Å². The molecule has 0 amide bonds. The van der Waals surface area contributed by atoms with Gasteiger partial charge in [0.25, 0.3) is 0 Å². The van der Waals surface area contributed by atoms with E-state index in [-0.39, 0.29) is 11.9 Å². The molecule has 0 radical (unpaired) electrons. The first-order valence-corrected chi connectivity index (χ1v) is 8.40. The fourth-order valence-electron chi connectivity index (χ4n) is 2.67. The quantitative estimate of drug-likeness (QED) is 0.842. The van der Waals surface area contributed by atoms with Crippen molar-refractivity contribution >= 4 is 23.4 Å². The summed E-state index contributed by atoms with van der Waals surface area (Å²) in [6.45, 7) is 2.83. The van der Waals surface area contributed by atoms with Crippen molar-refractivity contribution < 1.29 is 4.39 Å². The highest BCUT2D eigenvalue weighted by Gasteiger charge is 2.20. The number of benzene rings is 2. The number of rotatable bonds is 3. The molecule has 0 aliphatic carbocycles. The molecule has 0 spiro atoms. The molecule has 0 saturated carbocycles. The van der Waals surface area contributed by atoms with Gasteiger partial charge in [0.15, 0.2) is 0 Å². The number of hydrogen-bond donors (Lipinski definition) is 1. The van der Waals surface area contributed by atoms with Gasteiger partial charge in [-0.2, -0.15) is 0 Å². The number of halogens is 2. The third kappa shape index (κ3) is 3.42. The second-order valence-electron chi connectivity index (χ2n) is 5.32. The predicted molar refractivity (Wildman–Crippen MR) is 87.5 cm³/mol. The van der Waals surface area contributed by atoms with Gasteiger partial charge in [-0.1, -0.05) is 17.7 Å². The monoisotopic (exact) mass is 321 g/mol. The highest BCUT2D eigenvalue weighted by Crippen LogP contribution is 2.36. The summed E-state index contributed by atoms with van der Waals surface area (Å²) in [5.74, 6) is 0.904. The maximum absolute atomic E-state index is 13.5. The maximum Gasteiger partial charge on any atom is 0.123 e. The topological polar surface area (TPSA) is 12.0 Å². The molecule has 1 N–H and O–H groups in total. The Hall–Kier alpha value is -1.03. The summed E-state index contributed by atoms with van der Waals surface area (Å²) in [7, 11) is 0. The highest BCUT2D eigenvalue weighted by molar-refractivity contribution is 7.99. The Bertz CT molecular complexity index is 659. The number of hydrogen-bond acceptors (Lipinski definition) is 2. The summed E-state index contributed by atoms with van der Waals surface area (Å²) in [6, 6.07) is 11.2. The van der Waals surface area contributed by atoms with E-state index in [0.717, 1.165) is 29.3 Å². The van der Waals surface area contributed by atoms with Crippen LogP contribution in [0.25, 0.3) is 0 Å². The average Bonchev–Trinajstić information content (AvgIpc) is 2.46. The van der Waals surface area contributed by atoms with Crippen molar-refractivity contribution in [3.05, 3.63) is 63.9 Å². The van der Waals surface area contributed by atoms with E-state index in [9.17, 15) is 4.39 Å². The lowest BCUT2D eigenvalue weighted by atomic mass is 10.0. The molecule has 4 heteroatoms. The van der Waals surface area contributed by atoms with E-state index in [1.165, 1.54) is 22.1 Å². The number of thioether (sulfide) groups is 1. The minimum atomic E-state index is -0.161. The Morgan fingerprint density at radius 1 is 1.29 bits per heavy atom. The Morgan fingerprint density at radius 2 is 2.14 bits per heavy atom. The summed E-state index contributed by atoms with van der Waals surface area (Å²) in [6.07, 6.45) is 1.02. The van der Waals surface area contributed by atoms with E-state index in [2.05, 4.69) is 18.3 Å². The average molecular weight is 322 g/mol. The standard InChI is InChI=1S/C17H17ClFNS/c1-11-8-13(18)3-2-12(11)10-20-16-6-7-21-17-5-4-14(19)9-15(16)17/h2-5,8-9,16,20H,6-7,10H2,1H3. The lowest BCUT2D eigenvalue weighted by molar-refractivity contribution is 0.504. The predicted octanol–water partition coefficient (Wildman–Crippen LogP) is 5.11. The van der Waals surface area contributed by atoms with Crippen LogP contribution in [0.15, 0.2) is 41.3 Å².